The Hall–Kier alpha value is -0.470. The summed E-state index contributed by atoms with van der Waals surface area (Å²) in [5, 5.41) is 9.90. The van der Waals surface area contributed by atoms with Crippen LogP contribution < -0.4 is 0 Å². The number of rotatable bonds is 7. The zero-order valence-corrected chi connectivity index (χ0v) is 11.1. The minimum atomic E-state index is -0.310. The first-order valence-corrected chi connectivity index (χ1v) is 7.18. The highest BCUT2D eigenvalue weighted by atomic mass is 32.2. The van der Waals surface area contributed by atoms with Crippen molar-refractivity contribution in [3.8, 4) is 0 Å². The monoisotopic (exact) mass is 238 g/mol. The molecule has 0 saturated heterocycles. The number of aliphatic hydroxyl groups excluding tert-OH is 1. The molecule has 0 aromatic heterocycles. The third-order valence-corrected chi connectivity index (χ3v) is 3.85. The first-order chi connectivity index (χ1) is 7.79. The van der Waals surface area contributed by atoms with Gasteiger partial charge in [0, 0.05) is 4.90 Å². The average Bonchev–Trinajstić information content (AvgIpc) is 2.34. The minimum Gasteiger partial charge on any atom is -0.388 e. The quantitative estimate of drug-likeness (QED) is 0.561. The molecule has 0 aliphatic heterocycles. The highest BCUT2D eigenvalue weighted by Crippen LogP contribution is 2.29. The molecule has 0 spiro atoms. The van der Waals surface area contributed by atoms with Gasteiger partial charge < -0.3 is 5.11 Å². The van der Waals surface area contributed by atoms with Gasteiger partial charge in [0.05, 0.1) is 6.10 Å². The Morgan fingerprint density at radius 1 is 1.19 bits per heavy atom. The lowest BCUT2D eigenvalue weighted by Crippen LogP contribution is -1.97. The van der Waals surface area contributed by atoms with E-state index in [1.807, 2.05) is 36.9 Å². The van der Waals surface area contributed by atoms with Crippen molar-refractivity contribution < 1.29 is 5.11 Å². The molecule has 0 fully saturated rings. The van der Waals surface area contributed by atoms with Gasteiger partial charge in [0.2, 0.25) is 0 Å². The van der Waals surface area contributed by atoms with Gasteiger partial charge >= 0.3 is 0 Å². The summed E-state index contributed by atoms with van der Waals surface area (Å²) in [6.45, 7) is 4.24. The van der Waals surface area contributed by atoms with E-state index in [0.717, 1.165) is 17.7 Å². The van der Waals surface area contributed by atoms with Crippen LogP contribution in [0.2, 0.25) is 0 Å². The Balaban J connectivity index is 2.57. The summed E-state index contributed by atoms with van der Waals surface area (Å²) in [4.78, 5) is 1.24. The van der Waals surface area contributed by atoms with Crippen molar-refractivity contribution >= 4 is 11.8 Å². The molecule has 1 aromatic carbocycles. The second-order valence-electron chi connectivity index (χ2n) is 4.02. The molecule has 2 heteroatoms. The Morgan fingerprint density at radius 3 is 2.62 bits per heavy atom. The third-order valence-electron chi connectivity index (χ3n) is 2.67. The maximum absolute atomic E-state index is 9.90. The third kappa shape index (κ3) is 4.18. The summed E-state index contributed by atoms with van der Waals surface area (Å²) in [5.74, 6) is 1.15. The summed E-state index contributed by atoms with van der Waals surface area (Å²) >= 11 is 1.87. The molecule has 0 heterocycles. The van der Waals surface area contributed by atoms with E-state index in [2.05, 4.69) is 13.0 Å². The average molecular weight is 238 g/mol. The topological polar surface area (TPSA) is 20.2 Å². The van der Waals surface area contributed by atoms with Crippen LogP contribution in [0.4, 0.5) is 0 Å². The molecule has 0 radical (unpaired) electrons. The van der Waals surface area contributed by atoms with Crippen molar-refractivity contribution in [1.29, 1.82) is 0 Å². The summed E-state index contributed by atoms with van der Waals surface area (Å²) < 4.78 is 0. The van der Waals surface area contributed by atoms with Crippen molar-refractivity contribution in [3.05, 3.63) is 29.8 Å². The SMILES string of the molecule is CCCCCSc1ccccc1C(O)CC. The van der Waals surface area contributed by atoms with Crippen LogP contribution in [0.5, 0.6) is 0 Å². The van der Waals surface area contributed by atoms with E-state index in [9.17, 15) is 5.11 Å². The van der Waals surface area contributed by atoms with E-state index in [1.54, 1.807) is 0 Å². The molecule has 0 aliphatic carbocycles. The Morgan fingerprint density at radius 2 is 1.94 bits per heavy atom. The van der Waals surface area contributed by atoms with Gasteiger partial charge in [0.25, 0.3) is 0 Å². The van der Waals surface area contributed by atoms with Crippen LogP contribution >= 0.6 is 11.8 Å². The Kier molecular flexibility index (Phi) is 6.58. The van der Waals surface area contributed by atoms with Gasteiger partial charge in [0.1, 0.15) is 0 Å². The van der Waals surface area contributed by atoms with Crippen LogP contribution in [0.15, 0.2) is 29.2 Å². The molecule has 1 unspecified atom stereocenters. The summed E-state index contributed by atoms with van der Waals surface area (Å²) in [6.07, 6.45) is 4.30. The Labute approximate surface area is 103 Å². The molecule has 0 saturated carbocycles. The number of hydrogen-bond acceptors (Lipinski definition) is 2. The minimum absolute atomic E-state index is 0.310. The Bertz CT molecular complexity index is 299. The number of unbranched alkanes of at least 4 members (excludes halogenated alkanes) is 2. The van der Waals surface area contributed by atoms with Crippen molar-refractivity contribution in [2.75, 3.05) is 5.75 Å². The highest BCUT2D eigenvalue weighted by Gasteiger charge is 2.09. The molecular formula is C14H22OS. The fraction of sp³-hybridized carbons (Fsp3) is 0.571. The fourth-order valence-electron chi connectivity index (χ4n) is 1.64. The molecular weight excluding hydrogens is 216 g/mol. The predicted octanol–water partition coefficient (Wildman–Crippen LogP) is 4.41. The van der Waals surface area contributed by atoms with Crippen LogP contribution in [0.1, 0.15) is 51.2 Å². The normalized spacial score (nSPS) is 12.7. The second-order valence-corrected chi connectivity index (χ2v) is 5.15. The van der Waals surface area contributed by atoms with Crippen LogP contribution in [0, 0.1) is 0 Å². The summed E-state index contributed by atoms with van der Waals surface area (Å²) in [7, 11) is 0. The van der Waals surface area contributed by atoms with E-state index in [0.29, 0.717) is 0 Å². The van der Waals surface area contributed by atoms with Crippen LogP contribution in [-0.2, 0) is 0 Å². The molecule has 1 N–H and O–H groups in total. The zero-order valence-electron chi connectivity index (χ0n) is 10.3. The maximum atomic E-state index is 9.90. The van der Waals surface area contributed by atoms with Crippen LogP contribution in [-0.4, -0.2) is 10.9 Å². The van der Waals surface area contributed by atoms with E-state index in [1.165, 1.54) is 24.2 Å². The lowest BCUT2D eigenvalue weighted by Gasteiger charge is -2.13. The summed E-state index contributed by atoms with van der Waals surface area (Å²) in [5.41, 5.74) is 1.09. The maximum Gasteiger partial charge on any atom is 0.0798 e. The van der Waals surface area contributed by atoms with Gasteiger partial charge in [0.15, 0.2) is 0 Å². The number of aliphatic hydroxyl groups is 1. The molecule has 1 rings (SSSR count). The van der Waals surface area contributed by atoms with Crippen molar-refractivity contribution in [3.63, 3.8) is 0 Å². The van der Waals surface area contributed by atoms with Crippen molar-refractivity contribution in [2.45, 2.75) is 50.5 Å². The molecule has 1 nitrogen and oxygen atoms in total. The highest BCUT2D eigenvalue weighted by molar-refractivity contribution is 7.99. The van der Waals surface area contributed by atoms with Gasteiger partial charge in [-0.3, -0.25) is 0 Å². The van der Waals surface area contributed by atoms with Gasteiger partial charge in [-0.05, 0) is 30.2 Å². The number of thioether (sulfide) groups is 1. The molecule has 0 aliphatic rings. The van der Waals surface area contributed by atoms with E-state index in [-0.39, 0.29) is 6.10 Å². The standard InChI is InChI=1S/C14H22OS/c1-3-5-8-11-16-14-10-7-6-9-12(14)13(15)4-2/h6-7,9-10,13,15H,3-5,8,11H2,1-2H3. The first-order valence-electron chi connectivity index (χ1n) is 6.19. The van der Waals surface area contributed by atoms with E-state index >= 15 is 0 Å². The molecule has 16 heavy (non-hydrogen) atoms. The predicted molar refractivity (Wildman–Crippen MR) is 71.9 cm³/mol. The van der Waals surface area contributed by atoms with E-state index < -0.39 is 0 Å². The van der Waals surface area contributed by atoms with E-state index in [4.69, 9.17) is 0 Å². The lowest BCUT2D eigenvalue weighted by molar-refractivity contribution is 0.171. The molecule has 0 bridgehead atoms. The van der Waals surface area contributed by atoms with Crippen LogP contribution in [0.25, 0.3) is 0 Å². The zero-order chi connectivity index (χ0) is 11.8. The lowest BCUT2D eigenvalue weighted by atomic mass is 10.1. The van der Waals surface area contributed by atoms with Gasteiger partial charge in [-0.1, -0.05) is 44.9 Å². The van der Waals surface area contributed by atoms with Gasteiger partial charge in [-0.25, -0.2) is 0 Å². The van der Waals surface area contributed by atoms with Crippen molar-refractivity contribution in [1.82, 2.24) is 0 Å². The number of benzene rings is 1. The molecule has 0 amide bonds. The number of hydrogen-bond donors (Lipinski definition) is 1. The van der Waals surface area contributed by atoms with Gasteiger partial charge in [-0.15, -0.1) is 11.8 Å². The second kappa shape index (κ2) is 7.75. The fourth-order valence-corrected chi connectivity index (χ4v) is 2.76. The van der Waals surface area contributed by atoms with Gasteiger partial charge in [-0.2, -0.15) is 0 Å². The van der Waals surface area contributed by atoms with Crippen LogP contribution in [0.3, 0.4) is 0 Å². The smallest absolute Gasteiger partial charge is 0.0798 e. The molecule has 1 aromatic rings. The molecule has 1 atom stereocenters. The first kappa shape index (κ1) is 13.6. The molecule has 90 valence electrons. The van der Waals surface area contributed by atoms with Crippen molar-refractivity contribution in [2.24, 2.45) is 0 Å². The largest absolute Gasteiger partial charge is 0.388 e. The summed E-state index contributed by atoms with van der Waals surface area (Å²) in [6, 6.07) is 8.21.